The number of ether oxygens (including phenoxy) is 5. The normalized spacial score (nSPS) is 20.7. The number of benzene rings is 3. The Morgan fingerprint density at radius 3 is 1.32 bits per heavy atom. The number of hydrogen-bond donors (Lipinski definition) is 0. The molecule has 0 N–H and O–H groups in total. The summed E-state index contributed by atoms with van der Waals surface area (Å²) in [6, 6.07) is 29.1. The highest BCUT2D eigenvalue weighted by Gasteiger charge is 2.65. The van der Waals surface area contributed by atoms with Gasteiger partial charge in [-0.05, 0) is 36.4 Å². The second-order valence-corrected chi connectivity index (χ2v) is 15.6. The van der Waals surface area contributed by atoms with Crippen molar-refractivity contribution in [2.45, 2.75) is 63.5 Å². The lowest BCUT2D eigenvalue weighted by Crippen LogP contribution is -2.64. The summed E-state index contributed by atoms with van der Waals surface area (Å²) in [7, 11) is -9.03. The van der Waals surface area contributed by atoms with Crippen LogP contribution in [-0.2, 0) is 53.0 Å². The van der Waals surface area contributed by atoms with E-state index in [1.807, 2.05) is 91.0 Å². The molecule has 3 aromatic rings. The van der Waals surface area contributed by atoms with Crippen LogP contribution in [-0.4, -0.2) is 79.2 Å². The van der Waals surface area contributed by atoms with E-state index in [4.69, 9.17) is 36.7 Å². The number of alkyl halides is 3. The average molecular weight is 743 g/mol. The standard InChI is InChI=1S/C32H34O9P.CHF3O3S/c1-21(33)37-20-28-29(38-22(2)34)30(39-23(3)35)31(40-24(4)36)32(41-28)42(25-14-8-5-9-15-25,26-16-10-6-11-17-26)27-18-12-7-13-19-27;2-1(3,4)8(5,6)7/h5-19,28-32H,20H2,1-4H3;(H,5,6,7)/q+1;/p-1/t28-,29-,30+,31-,32?;/m1./s1. The van der Waals surface area contributed by atoms with Gasteiger partial charge in [0.25, 0.3) is 0 Å². The predicted octanol–water partition coefficient (Wildman–Crippen LogP) is 3.12. The molecule has 1 heterocycles. The number of rotatable bonds is 9. The monoisotopic (exact) mass is 742 g/mol. The van der Waals surface area contributed by atoms with Crippen molar-refractivity contribution in [3.8, 4) is 0 Å². The van der Waals surface area contributed by atoms with Crippen LogP contribution < -0.4 is 15.9 Å². The van der Waals surface area contributed by atoms with Crippen LogP contribution in [0.5, 0.6) is 0 Å². The quantitative estimate of drug-likeness (QED) is 0.103. The van der Waals surface area contributed by atoms with Gasteiger partial charge in [-0.1, -0.05) is 54.6 Å². The molecule has 1 unspecified atom stereocenters. The van der Waals surface area contributed by atoms with Gasteiger partial charge in [0, 0.05) is 27.7 Å². The predicted molar refractivity (Wildman–Crippen MR) is 173 cm³/mol. The minimum Gasteiger partial charge on any atom is -0.741 e. The number of carbonyl (C=O) groups excluding carboxylic acids is 4. The minimum absolute atomic E-state index is 0.299. The van der Waals surface area contributed by atoms with Crippen LogP contribution in [0.3, 0.4) is 0 Å². The van der Waals surface area contributed by atoms with Crippen molar-refractivity contribution in [2.24, 2.45) is 0 Å². The number of hydrogen-bond acceptors (Lipinski definition) is 12. The second-order valence-electron chi connectivity index (χ2n) is 10.7. The van der Waals surface area contributed by atoms with E-state index < -0.39 is 77.0 Å². The molecule has 1 saturated heterocycles. The third kappa shape index (κ3) is 9.87. The molecule has 0 saturated carbocycles. The molecule has 12 nitrogen and oxygen atoms in total. The molecule has 0 amide bonds. The van der Waals surface area contributed by atoms with Gasteiger partial charge in [0.2, 0.25) is 11.9 Å². The van der Waals surface area contributed by atoms with Gasteiger partial charge in [-0.15, -0.1) is 0 Å². The summed E-state index contributed by atoms with van der Waals surface area (Å²) in [5.74, 6) is -3.52. The van der Waals surface area contributed by atoms with Gasteiger partial charge in [-0.25, -0.2) is 8.42 Å². The van der Waals surface area contributed by atoms with E-state index >= 15 is 0 Å². The molecule has 17 heteroatoms. The maximum atomic E-state index is 12.7. The molecule has 1 aliphatic heterocycles. The van der Waals surface area contributed by atoms with Crippen LogP contribution in [0.25, 0.3) is 0 Å². The molecule has 0 radical (unpaired) electrons. The fourth-order valence-electron chi connectivity index (χ4n) is 5.39. The van der Waals surface area contributed by atoms with Gasteiger partial charge in [-0.3, -0.25) is 19.2 Å². The summed E-state index contributed by atoms with van der Waals surface area (Å²) in [5.41, 5.74) is -5.65. The van der Waals surface area contributed by atoms with Gasteiger partial charge in [0.05, 0.1) is 0 Å². The summed E-state index contributed by atoms with van der Waals surface area (Å²) in [5, 5.41) is 2.72. The molecule has 3 aromatic carbocycles. The Labute approximate surface area is 286 Å². The third-order valence-corrected chi connectivity index (χ3v) is 12.2. The van der Waals surface area contributed by atoms with Crippen molar-refractivity contribution >= 4 is 57.2 Å². The van der Waals surface area contributed by atoms with E-state index in [9.17, 15) is 32.3 Å². The zero-order valence-corrected chi connectivity index (χ0v) is 28.9. The van der Waals surface area contributed by atoms with Crippen molar-refractivity contribution < 1.29 is 69.0 Å². The van der Waals surface area contributed by atoms with Crippen LogP contribution in [0.15, 0.2) is 91.0 Å². The highest BCUT2D eigenvalue weighted by molar-refractivity contribution is 7.96. The van der Waals surface area contributed by atoms with Crippen LogP contribution in [0.2, 0.25) is 0 Å². The van der Waals surface area contributed by atoms with E-state index in [1.165, 1.54) is 27.7 Å². The first-order valence-corrected chi connectivity index (χ1v) is 18.0. The maximum absolute atomic E-state index is 12.7. The molecule has 0 spiro atoms. The van der Waals surface area contributed by atoms with Gasteiger partial charge in [0.15, 0.2) is 22.3 Å². The molecular formula is C33H34F3O12PS. The number of esters is 4. The second kappa shape index (κ2) is 17.0. The summed E-state index contributed by atoms with van der Waals surface area (Å²) < 4.78 is 88.5. The van der Waals surface area contributed by atoms with Crippen LogP contribution >= 0.6 is 7.26 Å². The molecule has 1 aliphatic rings. The van der Waals surface area contributed by atoms with Crippen molar-refractivity contribution in [3.63, 3.8) is 0 Å². The lowest BCUT2D eigenvalue weighted by atomic mass is 9.99. The fourth-order valence-corrected chi connectivity index (χ4v) is 10.1. The Kier molecular flexibility index (Phi) is 13.6. The van der Waals surface area contributed by atoms with Gasteiger partial charge in [0.1, 0.15) is 35.9 Å². The Morgan fingerprint density at radius 2 is 1.00 bits per heavy atom. The van der Waals surface area contributed by atoms with E-state index in [2.05, 4.69) is 0 Å². The Bertz CT molecular complexity index is 1630. The van der Waals surface area contributed by atoms with Crippen molar-refractivity contribution in [1.82, 2.24) is 0 Å². The smallest absolute Gasteiger partial charge is 0.485 e. The maximum Gasteiger partial charge on any atom is 0.485 e. The zero-order chi connectivity index (χ0) is 37.3. The first kappa shape index (κ1) is 40.1. The summed E-state index contributed by atoms with van der Waals surface area (Å²) in [4.78, 5) is 49.3. The van der Waals surface area contributed by atoms with Crippen LogP contribution in [0, 0.1) is 0 Å². The minimum atomic E-state index is -6.09. The molecule has 0 bridgehead atoms. The number of halogens is 3. The summed E-state index contributed by atoms with van der Waals surface area (Å²) in [6.07, 6.45) is -4.78. The van der Waals surface area contributed by atoms with E-state index in [-0.39, 0.29) is 6.61 Å². The van der Waals surface area contributed by atoms with E-state index in [0.717, 1.165) is 15.9 Å². The summed E-state index contributed by atoms with van der Waals surface area (Å²) in [6.45, 7) is 4.63. The average Bonchev–Trinajstić information content (AvgIpc) is 3.03. The van der Waals surface area contributed by atoms with Crippen molar-refractivity contribution in [1.29, 1.82) is 0 Å². The highest BCUT2D eigenvalue weighted by atomic mass is 32.2. The Hall–Kier alpha value is -4.37. The highest BCUT2D eigenvalue weighted by Crippen LogP contribution is 2.63. The van der Waals surface area contributed by atoms with Crippen molar-refractivity contribution in [2.75, 3.05) is 6.61 Å². The van der Waals surface area contributed by atoms with E-state index in [1.54, 1.807) is 0 Å². The zero-order valence-electron chi connectivity index (χ0n) is 27.1. The molecule has 4 rings (SSSR count). The first-order chi connectivity index (χ1) is 23.4. The SMILES string of the molecule is CC(=O)OC[C@H]1OC([P+](c2ccccc2)(c2ccccc2)c2ccccc2)[C@H](OC(C)=O)[C@@H](OC(C)=O)[C@@H]1OC(C)=O.O=S(=O)([O-])C(F)(F)F. The molecule has 5 atom stereocenters. The molecule has 1 fully saturated rings. The molecule has 0 aromatic heterocycles. The summed E-state index contributed by atoms with van der Waals surface area (Å²) >= 11 is 0. The van der Waals surface area contributed by atoms with Gasteiger partial charge >= 0.3 is 29.4 Å². The number of carbonyl (C=O) groups is 4. The molecule has 0 aliphatic carbocycles. The molecule has 50 heavy (non-hydrogen) atoms. The van der Waals surface area contributed by atoms with Gasteiger partial charge < -0.3 is 28.2 Å². The largest absolute Gasteiger partial charge is 0.741 e. The lowest BCUT2D eigenvalue weighted by Gasteiger charge is -2.47. The topological polar surface area (TPSA) is 172 Å². The van der Waals surface area contributed by atoms with Crippen molar-refractivity contribution in [3.05, 3.63) is 91.0 Å². The molecular weight excluding hydrogens is 708 g/mol. The van der Waals surface area contributed by atoms with Crippen LogP contribution in [0.1, 0.15) is 27.7 Å². The van der Waals surface area contributed by atoms with Gasteiger partial charge in [-0.2, -0.15) is 13.2 Å². The third-order valence-electron chi connectivity index (χ3n) is 7.12. The lowest BCUT2D eigenvalue weighted by molar-refractivity contribution is -0.238. The fraction of sp³-hybridized carbons (Fsp3) is 0.333. The Balaban J connectivity index is 0.000000753. The Morgan fingerprint density at radius 1 is 0.660 bits per heavy atom. The molecule has 270 valence electrons. The van der Waals surface area contributed by atoms with Crippen LogP contribution in [0.4, 0.5) is 13.2 Å². The first-order valence-electron chi connectivity index (χ1n) is 14.8. The van der Waals surface area contributed by atoms with E-state index in [0.29, 0.717) is 0 Å².